The second-order valence-corrected chi connectivity index (χ2v) is 5.54. The number of rotatable bonds is 1. The average molecular weight is 236 g/mol. The van der Waals surface area contributed by atoms with Crippen LogP contribution in [0.25, 0.3) is 0 Å². The van der Waals surface area contributed by atoms with E-state index in [0.29, 0.717) is 6.42 Å². The van der Waals surface area contributed by atoms with Crippen LogP contribution in [-0.4, -0.2) is 18.9 Å². The topological polar surface area (TPSA) is 43.4 Å². The normalized spacial score (nSPS) is 37.1. The van der Waals surface area contributed by atoms with Crippen molar-refractivity contribution < 1.29 is 14.3 Å². The number of ketones is 1. The predicted molar refractivity (Wildman–Crippen MR) is 64.3 cm³/mol. The van der Waals surface area contributed by atoms with Gasteiger partial charge in [-0.3, -0.25) is 9.59 Å². The smallest absolute Gasteiger partial charge is 0.309 e. The highest BCUT2D eigenvalue weighted by Crippen LogP contribution is 2.50. The number of Topliss-reactive ketones (excluding diaryl/α,β-unsaturated/α-hetero) is 1. The first-order valence-corrected chi connectivity index (χ1v) is 6.27. The molecule has 0 heterocycles. The van der Waals surface area contributed by atoms with E-state index in [1.807, 2.05) is 0 Å². The molecule has 3 heteroatoms. The number of esters is 1. The first kappa shape index (κ1) is 12.3. The molecular formula is C14H20O3. The molecule has 0 aromatic heterocycles. The fourth-order valence-electron chi connectivity index (χ4n) is 3.37. The third-order valence-corrected chi connectivity index (χ3v) is 4.57. The van der Waals surface area contributed by atoms with Crippen molar-refractivity contribution in [2.75, 3.05) is 7.11 Å². The van der Waals surface area contributed by atoms with E-state index in [-0.39, 0.29) is 29.0 Å². The van der Waals surface area contributed by atoms with Crippen LogP contribution in [0.2, 0.25) is 0 Å². The van der Waals surface area contributed by atoms with E-state index in [9.17, 15) is 9.59 Å². The van der Waals surface area contributed by atoms with Gasteiger partial charge < -0.3 is 4.74 Å². The average Bonchev–Trinajstić information content (AvgIpc) is 2.30. The third kappa shape index (κ3) is 1.92. The zero-order chi connectivity index (χ0) is 12.6. The fraction of sp³-hybridized carbons (Fsp3) is 0.714. The minimum atomic E-state index is -0.247. The zero-order valence-corrected chi connectivity index (χ0v) is 10.8. The zero-order valence-electron chi connectivity index (χ0n) is 10.8. The molecule has 0 N–H and O–H groups in total. The van der Waals surface area contributed by atoms with Crippen molar-refractivity contribution in [3.05, 3.63) is 11.6 Å². The van der Waals surface area contributed by atoms with Gasteiger partial charge in [-0.15, -0.1) is 0 Å². The van der Waals surface area contributed by atoms with E-state index in [1.54, 1.807) is 0 Å². The minimum Gasteiger partial charge on any atom is -0.469 e. The highest BCUT2D eigenvalue weighted by atomic mass is 16.5. The van der Waals surface area contributed by atoms with Crippen LogP contribution in [0.1, 0.15) is 39.5 Å². The second kappa shape index (κ2) is 4.28. The molecular weight excluding hydrogens is 216 g/mol. The van der Waals surface area contributed by atoms with Crippen molar-refractivity contribution in [3.63, 3.8) is 0 Å². The van der Waals surface area contributed by atoms with E-state index in [0.717, 1.165) is 19.3 Å². The van der Waals surface area contributed by atoms with E-state index in [1.165, 1.54) is 12.7 Å². The summed E-state index contributed by atoms with van der Waals surface area (Å²) < 4.78 is 4.78. The van der Waals surface area contributed by atoms with Gasteiger partial charge in [0.25, 0.3) is 0 Å². The summed E-state index contributed by atoms with van der Waals surface area (Å²) in [6, 6.07) is 0. The lowest BCUT2D eigenvalue weighted by Crippen LogP contribution is -2.46. The molecule has 2 aliphatic carbocycles. The molecule has 2 aliphatic rings. The molecule has 0 amide bonds. The second-order valence-electron chi connectivity index (χ2n) is 5.54. The molecule has 0 bridgehead atoms. The van der Waals surface area contributed by atoms with Gasteiger partial charge in [-0.1, -0.05) is 18.6 Å². The molecule has 17 heavy (non-hydrogen) atoms. The molecule has 0 aliphatic heterocycles. The highest BCUT2D eigenvalue weighted by Gasteiger charge is 2.49. The van der Waals surface area contributed by atoms with Gasteiger partial charge in [-0.25, -0.2) is 0 Å². The molecule has 0 saturated heterocycles. The largest absolute Gasteiger partial charge is 0.469 e. The first-order valence-electron chi connectivity index (χ1n) is 6.27. The number of hydrogen-bond donors (Lipinski definition) is 0. The molecule has 3 atom stereocenters. The van der Waals surface area contributed by atoms with Crippen molar-refractivity contribution in [3.8, 4) is 0 Å². The van der Waals surface area contributed by atoms with Gasteiger partial charge in [0.1, 0.15) is 5.78 Å². The Morgan fingerprint density at radius 1 is 1.53 bits per heavy atom. The van der Waals surface area contributed by atoms with Crippen LogP contribution in [0, 0.1) is 17.3 Å². The summed E-state index contributed by atoms with van der Waals surface area (Å²) in [7, 11) is 1.39. The lowest BCUT2D eigenvalue weighted by atomic mass is 9.57. The summed E-state index contributed by atoms with van der Waals surface area (Å²) in [5, 5.41) is 0. The SMILES string of the molecule is COC(=O)[C@@H]1CC(=O)[C@]2(C)CCC=C(C)[C@H]2C1. The fourth-order valence-corrected chi connectivity index (χ4v) is 3.37. The van der Waals surface area contributed by atoms with E-state index < -0.39 is 0 Å². The number of fused-ring (bicyclic) bond motifs is 1. The Bertz CT molecular complexity index is 383. The van der Waals surface area contributed by atoms with E-state index >= 15 is 0 Å². The van der Waals surface area contributed by atoms with Crippen LogP contribution >= 0.6 is 0 Å². The number of methoxy groups -OCH3 is 1. The number of allylic oxidation sites excluding steroid dienone is 2. The van der Waals surface area contributed by atoms with Gasteiger partial charge in [0, 0.05) is 11.8 Å². The number of hydrogen-bond acceptors (Lipinski definition) is 3. The summed E-state index contributed by atoms with van der Waals surface area (Å²) in [5.41, 5.74) is 1.02. The molecule has 3 nitrogen and oxygen atoms in total. The van der Waals surface area contributed by atoms with Crippen molar-refractivity contribution in [2.24, 2.45) is 17.3 Å². The lowest BCUT2D eigenvalue weighted by Gasteiger charge is -2.45. The molecule has 1 fully saturated rings. The summed E-state index contributed by atoms with van der Waals surface area (Å²) >= 11 is 0. The molecule has 0 unspecified atom stereocenters. The third-order valence-electron chi connectivity index (χ3n) is 4.57. The molecule has 1 saturated carbocycles. The molecule has 0 aromatic rings. The van der Waals surface area contributed by atoms with Gasteiger partial charge in [0.05, 0.1) is 13.0 Å². The van der Waals surface area contributed by atoms with Gasteiger partial charge in [-0.05, 0) is 32.1 Å². The Hall–Kier alpha value is -1.12. The van der Waals surface area contributed by atoms with Crippen molar-refractivity contribution in [1.82, 2.24) is 0 Å². The van der Waals surface area contributed by atoms with Gasteiger partial charge >= 0.3 is 5.97 Å². The maximum atomic E-state index is 12.3. The van der Waals surface area contributed by atoms with Crippen LogP contribution in [0.15, 0.2) is 11.6 Å². The van der Waals surface area contributed by atoms with Crippen LogP contribution in [-0.2, 0) is 14.3 Å². The summed E-state index contributed by atoms with van der Waals surface area (Å²) in [5.74, 6) is -0.0241. The van der Waals surface area contributed by atoms with Crippen LogP contribution in [0.4, 0.5) is 0 Å². The van der Waals surface area contributed by atoms with Crippen molar-refractivity contribution in [2.45, 2.75) is 39.5 Å². The van der Waals surface area contributed by atoms with Gasteiger partial charge in [-0.2, -0.15) is 0 Å². The molecule has 0 aromatic carbocycles. The molecule has 2 rings (SSSR count). The Balaban J connectivity index is 2.27. The predicted octanol–water partition coefficient (Wildman–Crippen LogP) is 2.50. The number of ether oxygens (including phenoxy) is 1. The monoisotopic (exact) mass is 236 g/mol. The van der Waals surface area contributed by atoms with Crippen LogP contribution in [0.5, 0.6) is 0 Å². The van der Waals surface area contributed by atoms with Gasteiger partial charge in [0.2, 0.25) is 0 Å². The van der Waals surface area contributed by atoms with E-state index in [2.05, 4.69) is 19.9 Å². The molecule has 0 radical (unpaired) electrons. The van der Waals surface area contributed by atoms with Crippen molar-refractivity contribution in [1.29, 1.82) is 0 Å². The Kier molecular flexibility index (Phi) is 3.11. The maximum absolute atomic E-state index is 12.3. The minimum absolute atomic E-state index is 0.224. The Morgan fingerprint density at radius 2 is 2.24 bits per heavy atom. The summed E-state index contributed by atoms with van der Waals surface area (Å²) in [6.45, 7) is 4.14. The lowest BCUT2D eigenvalue weighted by molar-refractivity contribution is -0.153. The Labute approximate surface area is 102 Å². The van der Waals surface area contributed by atoms with Gasteiger partial charge in [0.15, 0.2) is 0 Å². The number of carbonyl (C=O) groups excluding carboxylic acids is 2. The Morgan fingerprint density at radius 3 is 2.88 bits per heavy atom. The van der Waals surface area contributed by atoms with Crippen molar-refractivity contribution >= 4 is 11.8 Å². The molecule has 0 spiro atoms. The molecule has 94 valence electrons. The first-order chi connectivity index (χ1) is 7.99. The van der Waals surface area contributed by atoms with Crippen LogP contribution in [0.3, 0.4) is 0 Å². The number of carbonyl (C=O) groups is 2. The summed E-state index contributed by atoms with van der Waals surface area (Å²) in [4.78, 5) is 23.9. The standard InChI is InChI=1S/C14H20O3/c1-9-5-4-6-14(2)11(9)7-10(8-12(14)15)13(16)17-3/h5,10-11H,4,6-8H2,1-3H3/t10-,11+,14+/m0/s1. The maximum Gasteiger partial charge on any atom is 0.309 e. The van der Waals surface area contributed by atoms with Crippen LogP contribution < -0.4 is 0 Å². The highest BCUT2D eigenvalue weighted by molar-refractivity contribution is 5.90. The summed E-state index contributed by atoms with van der Waals surface area (Å²) in [6.07, 6.45) is 5.22. The van der Waals surface area contributed by atoms with E-state index in [4.69, 9.17) is 4.74 Å². The quantitative estimate of drug-likeness (QED) is 0.519.